The maximum absolute atomic E-state index is 12.6. The van der Waals surface area contributed by atoms with Crippen LogP contribution in [-0.2, 0) is 22.5 Å². The van der Waals surface area contributed by atoms with Gasteiger partial charge in [0.05, 0.1) is 18.7 Å². The number of aryl methyl sites for hydroxylation is 1. The van der Waals surface area contributed by atoms with E-state index in [1.807, 2.05) is 36.1 Å². The van der Waals surface area contributed by atoms with Crippen LogP contribution in [0.15, 0.2) is 30.3 Å². The van der Waals surface area contributed by atoms with Crippen LogP contribution >= 0.6 is 11.3 Å². The minimum atomic E-state index is -0.402. The van der Waals surface area contributed by atoms with Crippen LogP contribution in [0, 0.1) is 0 Å². The molecule has 0 aliphatic carbocycles. The van der Waals surface area contributed by atoms with E-state index in [1.54, 1.807) is 13.0 Å². The molecule has 0 spiro atoms. The molecule has 1 aromatic carbocycles. The number of para-hydroxylation sites is 1. The van der Waals surface area contributed by atoms with Crippen molar-refractivity contribution in [3.05, 3.63) is 46.3 Å². The van der Waals surface area contributed by atoms with Gasteiger partial charge >= 0.3 is 5.97 Å². The number of carbonyl (C=O) groups is 2. The Bertz CT molecular complexity index is 818. The van der Waals surface area contributed by atoms with Crippen molar-refractivity contribution in [2.24, 2.45) is 0 Å². The Morgan fingerprint density at radius 1 is 1.30 bits per heavy atom. The van der Waals surface area contributed by atoms with Crippen LogP contribution in [0.4, 0.5) is 5.00 Å². The molecular formula is C20H24N2O4S. The van der Waals surface area contributed by atoms with Crippen LogP contribution in [-0.4, -0.2) is 43.1 Å². The van der Waals surface area contributed by atoms with Crippen molar-refractivity contribution >= 4 is 28.2 Å². The van der Waals surface area contributed by atoms with Crippen molar-refractivity contribution in [1.82, 2.24) is 4.90 Å². The molecule has 1 aliphatic rings. The number of ether oxygens (including phenoxy) is 2. The lowest BCUT2D eigenvalue weighted by atomic mass is 10.2. The minimum absolute atomic E-state index is 0.149. The van der Waals surface area contributed by atoms with E-state index < -0.39 is 5.97 Å². The van der Waals surface area contributed by atoms with Crippen LogP contribution < -0.4 is 10.1 Å². The third-order valence-corrected chi connectivity index (χ3v) is 5.47. The highest BCUT2D eigenvalue weighted by atomic mass is 32.1. The maximum atomic E-state index is 12.6. The van der Waals surface area contributed by atoms with E-state index in [2.05, 4.69) is 5.32 Å². The molecule has 1 aliphatic heterocycles. The monoisotopic (exact) mass is 388 g/mol. The average Bonchev–Trinajstić information content (AvgIpc) is 2.94. The van der Waals surface area contributed by atoms with E-state index in [9.17, 15) is 9.59 Å². The second kappa shape index (κ2) is 9.01. The first-order valence-corrected chi connectivity index (χ1v) is 9.95. The van der Waals surface area contributed by atoms with E-state index in [0.717, 1.165) is 22.6 Å². The Balaban J connectivity index is 1.67. The fourth-order valence-corrected chi connectivity index (χ4v) is 3.95. The van der Waals surface area contributed by atoms with Gasteiger partial charge in [0, 0.05) is 23.5 Å². The van der Waals surface area contributed by atoms with Gasteiger partial charge in [-0.15, -0.1) is 11.3 Å². The van der Waals surface area contributed by atoms with Crippen molar-refractivity contribution < 1.29 is 19.1 Å². The van der Waals surface area contributed by atoms with Crippen molar-refractivity contribution in [2.45, 2.75) is 26.8 Å². The van der Waals surface area contributed by atoms with E-state index in [1.165, 1.54) is 11.3 Å². The fourth-order valence-electron chi connectivity index (χ4n) is 2.95. The van der Waals surface area contributed by atoms with Crippen LogP contribution in [0.25, 0.3) is 0 Å². The first kappa shape index (κ1) is 19.4. The number of hydrogen-bond acceptors (Lipinski definition) is 6. The number of thiophene rings is 1. The summed E-state index contributed by atoms with van der Waals surface area (Å²) < 4.78 is 10.8. The normalized spacial score (nSPS) is 14.0. The van der Waals surface area contributed by atoms with Gasteiger partial charge in [-0.25, -0.2) is 4.79 Å². The number of esters is 1. The zero-order valence-corrected chi connectivity index (χ0v) is 16.4. The summed E-state index contributed by atoms with van der Waals surface area (Å²) in [5.74, 6) is 0.320. The Labute approximate surface area is 163 Å². The number of rotatable bonds is 6. The van der Waals surface area contributed by atoms with Gasteiger partial charge in [0.2, 0.25) is 5.91 Å². The predicted octanol–water partition coefficient (Wildman–Crippen LogP) is 3.32. The molecule has 1 amide bonds. The van der Waals surface area contributed by atoms with Crippen LogP contribution in [0.2, 0.25) is 0 Å². The summed E-state index contributed by atoms with van der Waals surface area (Å²) in [7, 11) is 0. The number of amides is 1. The molecule has 27 heavy (non-hydrogen) atoms. The number of nitrogens with zero attached hydrogens (tertiary/aromatic N) is 1. The first-order chi connectivity index (χ1) is 13.1. The molecule has 2 heterocycles. The summed E-state index contributed by atoms with van der Waals surface area (Å²) in [6.07, 6.45) is 0.799. The molecule has 1 N–H and O–H groups in total. The molecule has 0 unspecified atom stereocenters. The second-order valence-corrected chi connectivity index (χ2v) is 7.38. The Morgan fingerprint density at radius 2 is 2.11 bits per heavy atom. The number of nitrogens with one attached hydrogen (secondary N) is 1. The minimum Gasteiger partial charge on any atom is -0.492 e. The smallest absolute Gasteiger partial charge is 0.341 e. The zero-order chi connectivity index (χ0) is 19.2. The summed E-state index contributed by atoms with van der Waals surface area (Å²) >= 11 is 1.42. The van der Waals surface area contributed by atoms with Crippen LogP contribution in [0.1, 0.15) is 34.6 Å². The molecule has 144 valence electrons. The predicted molar refractivity (Wildman–Crippen MR) is 105 cm³/mol. The van der Waals surface area contributed by atoms with Crippen LogP contribution in [0.5, 0.6) is 5.75 Å². The van der Waals surface area contributed by atoms with Crippen molar-refractivity contribution in [1.29, 1.82) is 0 Å². The third kappa shape index (κ3) is 4.87. The van der Waals surface area contributed by atoms with Gasteiger partial charge < -0.3 is 14.8 Å². The molecule has 0 saturated carbocycles. The summed E-state index contributed by atoms with van der Waals surface area (Å²) in [6, 6.07) is 9.67. The SMILES string of the molecule is CCOC(=O)c1cc(CC)sc1NC(=O)CN1CCOc2ccccc2C1. The molecule has 2 aromatic rings. The Kier molecular flexibility index (Phi) is 6.47. The highest BCUT2D eigenvalue weighted by Crippen LogP contribution is 2.29. The van der Waals surface area contributed by atoms with Gasteiger partial charge in [0.25, 0.3) is 0 Å². The van der Waals surface area contributed by atoms with Crippen molar-refractivity contribution in [3.8, 4) is 5.75 Å². The van der Waals surface area contributed by atoms with E-state index >= 15 is 0 Å². The zero-order valence-electron chi connectivity index (χ0n) is 15.6. The fraction of sp³-hybridized carbons (Fsp3) is 0.400. The van der Waals surface area contributed by atoms with Crippen LogP contribution in [0.3, 0.4) is 0 Å². The summed E-state index contributed by atoms with van der Waals surface area (Å²) in [6.45, 7) is 6.17. The van der Waals surface area contributed by atoms with Gasteiger partial charge in [-0.2, -0.15) is 0 Å². The Morgan fingerprint density at radius 3 is 2.89 bits per heavy atom. The van der Waals surface area contributed by atoms with Gasteiger partial charge in [-0.05, 0) is 25.5 Å². The topological polar surface area (TPSA) is 67.9 Å². The summed E-state index contributed by atoms with van der Waals surface area (Å²) in [5, 5.41) is 3.45. The number of anilines is 1. The Hall–Kier alpha value is -2.38. The maximum Gasteiger partial charge on any atom is 0.341 e. The molecule has 0 fully saturated rings. The number of fused-ring (bicyclic) bond motifs is 1. The van der Waals surface area contributed by atoms with Gasteiger partial charge in [0.1, 0.15) is 17.4 Å². The molecule has 0 radical (unpaired) electrons. The van der Waals surface area contributed by atoms with Gasteiger partial charge in [-0.1, -0.05) is 25.1 Å². The van der Waals surface area contributed by atoms with E-state index in [-0.39, 0.29) is 12.5 Å². The summed E-state index contributed by atoms with van der Waals surface area (Å²) in [4.78, 5) is 27.8. The largest absolute Gasteiger partial charge is 0.492 e. The van der Waals surface area contributed by atoms with E-state index in [4.69, 9.17) is 9.47 Å². The lowest BCUT2D eigenvalue weighted by Gasteiger charge is -2.18. The van der Waals surface area contributed by atoms with E-state index in [0.29, 0.717) is 36.9 Å². The highest BCUT2D eigenvalue weighted by molar-refractivity contribution is 7.16. The molecular weight excluding hydrogens is 364 g/mol. The standard InChI is InChI=1S/C20H24N2O4S/c1-3-15-11-16(20(24)25-4-2)19(27-15)21-18(23)13-22-9-10-26-17-8-6-5-7-14(17)12-22/h5-8,11H,3-4,9-10,12-13H2,1-2H3,(H,21,23). The molecule has 6 nitrogen and oxygen atoms in total. The quantitative estimate of drug-likeness (QED) is 0.769. The van der Waals surface area contributed by atoms with Crippen molar-refractivity contribution in [2.75, 3.05) is 31.6 Å². The number of benzene rings is 1. The summed E-state index contributed by atoms with van der Waals surface area (Å²) in [5.41, 5.74) is 1.50. The average molecular weight is 388 g/mol. The molecule has 1 aromatic heterocycles. The van der Waals surface area contributed by atoms with Crippen molar-refractivity contribution in [3.63, 3.8) is 0 Å². The van der Waals surface area contributed by atoms with Gasteiger partial charge in [-0.3, -0.25) is 9.69 Å². The molecule has 0 bridgehead atoms. The lowest BCUT2D eigenvalue weighted by Crippen LogP contribution is -2.34. The highest BCUT2D eigenvalue weighted by Gasteiger charge is 2.21. The second-order valence-electron chi connectivity index (χ2n) is 6.24. The lowest BCUT2D eigenvalue weighted by molar-refractivity contribution is -0.117. The number of hydrogen-bond donors (Lipinski definition) is 1. The number of carbonyl (C=O) groups excluding carboxylic acids is 2. The third-order valence-electron chi connectivity index (χ3n) is 4.28. The molecule has 7 heteroatoms. The molecule has 0 atom stereocenters. The van der Waals surface area contributed by atoms with Gasteiger partial charge in [0.15, 0.2) is 0 Å². The first-order valence-electron chi connectivity index (χ1n) is 9.13. The molecule has 3 rings (SSSR count). The molecule has 0 saturated heterocycles.